The molecule has 1 amide bonds. The summed E-state index contributed by atoms with van der Waals surface area (Å²) in [7, 11) is 0. The largest absolute Gasteiger partial charge is 0.424 e. The first-order valence-electron chi connectivity index (χ1n) is 7.99. The highest BCUT2D eigenvalue weighted by Gasteiger charge is 2.14. The van der Waals surface area contributed by atoms with Gasteiger partial charge in [0.2, 0.25) is 0 Å². The van der Waals surface area contributed by atoms with E-state index in [0.717, 1.165) is 5.56 Å². The maximum absolute atomic E-state index is 12.4. The first-order valence-corrected chi connectivity index (χ1v) is 7.99. The minimum absolute atomic E-state index is 0.185. The summed E-state index contributed by atoms with van der Waals surface area (Å²) >= 11 is 0. The second kappa shape index (κ2) is 7.13. The van der Waals surface area contributed by atoms with Crippen molar-refractivity contribution >= 4 is 11.6 Å². The molecule has 2 aromatic carbocycles. The van der Waals surface area contributed by atoms with Gasteiger partial charge in [-0.3, -0.25) is 4.79 Å². The van der Waals surface area contributed by atoms with E-state index in [0.29, 0.717) is 28.4 Å². The monoisotopic (exact) mass is 333 g/mol. The highest BCUT2D eigenvalue weighted by molar-refractivity contribution is 6.04. The number of carbonyl (C=O) groups excluding carboxylic acids is 1. The van der Waals surface area contributed by atoms with E-state index in [9.17, 15) is 4.79 Å². The minimum atomic E-state index is -0.185. The second-order valence-electron chi connectivity index (χ2n) is 5.79. The van der Waals surface area contributed by atoms with Crippen LogP contribution in [-0.4, -0.2) is 15.9 Å². The smallest absolute Gasteiger partial charge is 0.322 e. The summed E-state index contributed by atoms with van der Waals surface area (Å²) in [6.45, 7) is 5.59. The number of ether oxygens (including phenoxy) is 1. The minimum Gasteiger partial charge on any atom is -0.424 e. The number of hydrogen-bond acceptors (Lipinski definition) is 4. The van der Waals surface area contributed by atoms with Crippen molar-refractivity contribution in [2.24, 2.45) is 0 Å². The van der Waals surface area contributed by atoms with Gasteiger partial charge in [0, 0.05) is 5.56 Å². The van der Waals surface area contributed by atoms with Crippen molar-refractivity contribution < 1.29 is 9.53 Å². The molecule has 0 aliphatic carbocycles. The summed E-state index contributed by atoms with van der Waals surface area (Å²) in [5, 5.41) is 2.89. The molecule has 0 atom stereocenters. The standard InChI is InChI=1S/C20H19N3O2/c1-13-8-7-9-16(12-13)19(24)23-18-14(2)21-20(22-15(18)3)25-17-10-5-4-6-11-17/h4-12H,1-3H3,(H,23,24). The Balaban J connectivity index is 1.82. The van der Waals surface area contributed by atoms with Crippen LogP contribution in [0.3, 0.4) is 0 Å². The molecule has 1 heterocycles. The summed E-state index contributed by atoms with van der Waals surface area (Å²) in [4.78, 5) is 21.1. The molecule has 0 aliphatic rings. The predicted molar refractivity (Wildman–Crippen MR) is 97.2 cm³/mol. The van der Waals surface area contributed by atoms with Crippen LogP contribution in [0.5, 0.6) is 11.8 Å². The van der Waals surface area contributed by atoms with Crippen molar-refractivity contribution in [2.75, 3.05) is 5.32 Å². The van der Waals surface area contributed by atoms with E-state index >= 15 is 0 Å². The lowest BCUT2D eigenvalue weighted by Gasteiger charge is -2.12. The van der Waals surface area contributed by atoms with Gasteiger partial charge in [-0.1, -0.05) is 35.9 Å². The average Bonchev–Trinajstić information content (AvgIpc) is 2.59. The van der Waals surface area contributed by atoms with Crippen molar-refractivity contribution in [3.63, 3.8) is 0 Å². The highest BCUT2D eigenvalue weighted by atomic mass is 16.5. The summed E-state index contributed by atoms with van der Waals surface area (Å²) in [6, 6.07) is 17.0. The van der Waals surface area contributed by atoms with Crippen molar-refractivity contribution in [3.05, 3.63) is 77.1 Å². The molecule has 0 bridgehead atoms. The van der Waals surface area contributed by atoms with Crippen molar-refractivity contribution in [2.45, 2.75) is 20.8 Å². The van der Waals surface area contributed by atoms with Crippen molar-refractivity contribution in [3.8, 4) is 11.8 Å². The Morgan fingerprint density at radius 2 is 1.60 bits per heavy atom. The fourth-order valence-corrected chi connectivity index (χ4v) is 2.48. The Bertz CT molecular complexity index is 885. The molecule has 126 valence electrons. The maximum atomic E-state index is 12.4. The van der Waals surface area contributed by atoms with E-state index in [-0.39, 0.29) is 11.9 Å². The van der Waals surface area contributed by atoms with E-state index in [1.165, 1.54) is 0 Å². The van der Waals surface area contributed by atoms with Gasteiger partial charge in [0.05, 0.1) is 17.1 Å². The Morgan fingerprint density at radius 1 is 0.920 bits per heavy atom. The summed E-state index contributed by atoms with van der Waals surface area (Å²) < 4.78 is 5.67. The Morgan fingerprint density at radius 3 is 2.24 bits per heavy atom. The fraction of sp³-hybridized carbons (Fsp3) is 0.150. The summed E-state index contributed by atoms with van der Waals surface area (Å²) in [5.41, 5.74) is 3.54. The molecule has 0 saturated carbocycles. The fourth-order valence-electron chi connectivity index (χ4n) is 2.48. The van der Waals surface area contributed by atoms with Gasteiger partial charge in [-0.25, -0.2) is 0 Å². The molecule has 0 fully saturated rings. The molecular weight excluding hydrogens is 314 g/mol. The van der Waals surface area contributed by atoms with Gasteiger partial charge >= 0.3 is 6.01 Å². The van der Waals surface area contributed by atoms with Crippen LogP contribution in [-0.2, 0) is 0 Å². The Hall–Kier alpha value is -3.21. The van der Waals surface area contributed by atoms with Gasteiger partial charge in [-0.15, -0.1) is 0 Å². The van der Waals surface area contributed by atoms with E-state index in [2.05, 4.69) is 15.3 Å². The number of carbonyl (C=O) groups is 1. The van der Waals surface area contributed by atoms with Gasteiger partial charge < -0.3 is 10.1 Å². The molecule has 1 aromatic heterocycles. The second-order valence-corrected chi connectivity index (χ2v) is 5.79. The lowest BCUT2D eigenvalue weighted by molar-refractivity contribution is 0.102. The summed E-state index contributed by atoms with van der Waals surface area (Å²) in [6.07, 6.45) is 0. The molecule has 0 aliphatic heterocycles. The van der Waals surface area contributed by atoms with Gasteiger partial charge in [0.25, 0.3) is 5.91 Å². The number of amides is 1. The van der Waals surface area contributed by atoms with Crippen molar-refractivity contribution in [1.82, 2.24) is 9.97 Å². The number of aryl methyl sites for hydroxylation is 3. The first kappa shape index (κ1) is 16.6. The number of rotatable bonds is 4. The van der Waals surface area contributed by atoms with Gasteiger partial charge in [0.15, 0.2) is 0 Å². The number of anilines is 1. The van der Waals surface area contributed by atoms with Crippen LogP contribution in [0.4, 0.5) is 5.69 Å². The lowest BCUT2D eigenvalue weighted by Crippen LogP contribution is -2.15. The zero-order valence-corrected chi connectivity index (χ0v) is 14.4. The van der Waals surface area contributed by atoms with Crippen LogP contribution in [0, 0.1) is 20.8 Å². The average molecular weight is 333 g/mol. The Kier molecular flexibility index (Phi) is 4.75. The quantitative estimate of drug-likeness (QED) is 0.766. The molecule has 5 heteroatoms. The van der Waals surface area contributed by atoms with Gasteiger partial charge in [-0.2, -0.15) is 9.97 Å². The van der Waals surface area contributed by atoms with Crippen LogP contribution in [0.2, 0.25) is 0 Å². The molecule has 0 spiro atoms. The molecule has 0 unspecified atom stereocenters. The predicted octanol–water partition coefficient (Wildman–Crippen LogP) is 4.45. The molecule has 1 N–H and O–H groups in total. The van der Waals surface area contributed by atoms with Crippen molar-refractivity contribution in [1.29, 1.82) is 0 Å². The van der Waals surface area contributed by atoms with Crippen LogP contribution < -0.4 is 10.1 Å². The third kappa shape index (κ3) is 4.01. The number of hydrogen-bond donors (Lipinski definition) is 1. The first-order chi connectivity index (χ1) is 12.0. The van der Waals surface area contributed by atoms with E-state index in [1.807, 2.05) is 69.3 Å². The van der Waals surface area contributed by atoms with Crippen LogP contribution in [0.25, 0.3) is 0 Å². The van der Waals surface area contributed by atoms with Crippen LogP contribution in [0.15, 0.2) is 54.6 Å². The molecule has 3 rings (SSSR count). The number of nitrogens with one attached hydrogen (secondary N) is 1. The zero-order chi connectivity index (χ0) is 17.8. The van der Waals surface area contributed by atoms with Crippen LogP contribution in [0.1, 0.15) is 27.3 Å². The summed E-state index contributed by atoms with van der Waals surface area (Å²) in [5.74, 6) is 0.480. The maximum Gasteiger partial charge on any atom is 0.322 e. The molecular formula is C20H19N3O2. The SMILES string of the molecule is Cc1cccc(C(=O)Nc2c(C)nc(Oc3ccccc3)nc2C)c1. The molecule has 0 radical (unpaired) electrons. The molecule has 3 aromatic rings. The number of aromatic nitrogens is 2. The molecule has 5 nitrogen and oxygen atoms in total. The van der Waals surface area contributed by atoms with Crippen LogP contribution >= 0.6 is 0 Å². The van der Waals surface area contributed by atoms with E-state index in [1.54, 1.807) is 6.07 Å². The molecule has 0 saturated heterocycles. The zero-order valence-electron chi connectivity index (χ0n) is 14.4. The number of para-hydroxylation sites is 1. The van der Waals surface area contributed by atoms with E-state index in [4.69, 9.17) is 4.74 Å². The van der Waals surface area contributed by atoms with Gasteiger partial charge in [-0.05, 0) is 45.0 Å². The normalized spacial score (nSPS) is 10.4. The molecule has 25 heavy (non-hydrogen) atoms. The Labute approximate surface area is 146 Å². The lowest BCUT2D eigenvalue weighted by atomic mass is 10.1. The third-order valence-corrected chi connectivity index (χ3v) is 3.72. The van der Waals surface area contributed by atoms with Gasteiger partial charge in [0.1, 0.15) is 5.75 Å². The number of benzene rings is 2. The number of nitrogens with zero attached hydrogens (tertiary/aromatic N) is 2. The third-order valence-electron chi connectivity index (χ3n) is 3.72. The van der Waals surface area contributed by atoms with E-state index < -0.39 is 0 Å². The highest BCUT2D eigenvalue weighted by Crippen LogP contribution is 2.23. The topological polar surface area (TPSA) is 64.1 Å².